The third-order valence-corrected chi connectivity index (χ3v) is 6.01. The first-order valence-electron chi connectivity index (χ1n) is 11.0. The van der Waals surface area contributed by atoms with Crippen LogP contribution in [-0.2, 0) is 13.1 Å². The molecule has 0 saturated carbocycles. The number of rotatable bonds is 6. The van der Waals surface area contributed by atoms with E-state index >= 15 is 0 Å². The number of nitrogens with one attached hydrogen (secondary N) is 1. The molecule has 2 aromatic carbocycles. The number of pyridine rings is 1. The van der Waals surface area contributed by atoms with Crippen molar-refractivity contribution in [3.8, 4) is 11.1 Å². The summed E-state index contributed by atoms with van der Waals surface area (Å²) in [6.07, 6.45) is 1.51. The Morgan fingerprint density at radius 2 is 1.81 bits per heavy atom. The van der Waals surface area contributed by atoms with Gasteiger partial charge in [0, 0.05) is 41.8 Å². The fourth-order valence-corrected chi connectivity index (χ4v) is 4.12. The van der Waals surface area contributed by atoms with Crippen molar-refractivity contribution in [2.75, 3.05) is 0 Å². The molecule has 0 saturated heterocycles. The third-order valence-electron chi connectivity index (χ3n) is 6.01. The van der Waals surface area contributed by atoms with E-state index in [1.54, 1.807) is 43.3 Å². The minimum absolute atomic E-state index is 0.0152. The van der Waals surface area contributed by atoms with Crippen LogP contribution in [0.2, 0.25) is 0 Å². The molecule has 8 heteroatoms. The topological polar surface area (TPSA) is 55.6 Å². The fourth-order valence-electron chi connectivity index (χ4n) is 4.12. The predicted molar refractivity (Wildman–Crippen MR) is 133 cm³/mol. The van der Waals surface area contributed by atoms with Crippen molar-refractivity contribution in [2.24, 2.45) is 0 Å². The van der Waals surface area contributed by atoms with E-state index in [0.717, 1.165) is 5.69 Å². The van der Waals surface area contributed by atoms with E-state index in [-0.39, 0.29) is 17.9 Å². The van der Waals surface area contributed by atoms with Gasteiger partial charge < -0.3 is 9.88 Å². The molecule has 0 aliphatic rings. The summed E-state index contributed by atoms with van der Waals surface area (Å²) < 4.78 is 31.0. The van der Waals surface area contributed by atoms with E-state index in [2.05, 4.69) is 20.0 Å². The average molecular weight is 482 g/mol. The number of carbonyl (C=O) groups excluding carboxylic acids is 1. The first kappa shape index (κ1) is 24.3. The number of hydrogen-bond acceptors (Lipinski definition) is 2. The number of aromatic nitrogens is 2. The number of benzene rings is 2. The summed E-state index contributed by atoms with van der Waals surface area (Å²) in [6.45, 7) is 18.7. The SMILES string of the molecule is [C-]#[N+]c1ccc(-c2c([N+]#[C-])c(C)n(Cc3ccc(CNC(=O)c4ccccn4)c(F)c3)c2C)cc1F. The molecule has 0 atom stereocenters. The van der Waals surface area contributed by atoms with Gasteiger partial charge in [0.2, 0.25) is 11.4 Å². The van der Waals surface area contributed by atoms with Gasteiger partial charge in [-0.3, -0.25) is 9.78 Å². The van der Waals surface area contributed by atoms with Crippen molar-refractivity contribution in [3.05, 3.63) is 123 Å². The maximum Gasteiger partial charge on any atom is 0.270 e. The molecule has 0 radical (unpaired) electrons. The van der Waals surface area contributed by atoms with Gasteiger partial charge >= 0.3 is 0 Å². The molecule has 0 fully saturated rings. The lowest BCUT2D eigenvalue weighted by atomic mass is 10.0. The zero-order valence-corrected chi connectivity index (χ0v) is 19.6. The zero-order valence-electron chi connectivity index (χ0n) is 19.6. The Morgan fingerprint density at radius 1 is 1.00 bits per heavy atom. The Kier molecular flexibility index (Phi) is 6.89. The Hall–Kier alpha value is -4.82. The van der Waals surface area contributed by atoms with Gasteiger partial charge in [0.15, 0.2) is 0 Å². The van der Waals surface area contributed by atoms with Gasteiger partial charge in [-0.15, -0.1) is 0 Å². The Balaban J connectivity index is 1.58. The van der Waals surface area contributed by atoms with Crippen molar-refractivity contribution >= 4 is 17.3 Å². The second-order valence-electron chi connectivity index (χ2n) is 8.19. The number of carbonyl (C=O) groups is 1. The van der Waals surface area contributed by atoms with E-state index in [4.69, 9.17) is 13.1 Å². The molecule has 2 aromatic heterocycles. The molecule has 1 amide bonds. The lowest BCUT2D eigenvalue weighted by Gasteiger charge is -2.13. The van der Waals surface area contributed by atoms with E-state index in [1.807, 2.05) is 11.5 Å². The maximum atomic E-state index is 14.8. The Labute approximate surface area is 207 Å². The smallest absolute Gasteiger partial charge is 0.270 e. The van der Waals surface area contributed by atoms with Gasteiger partial charge in [-0.25, -0.2) is 18.5 Å². The van der Waals surface area contributed by atoms with Crippen LogP contribution in [0.3, 0.4) is 0 Å². The van der Waals surface area contributed by atoms with Crippen molar-refractivity contribution in [1.82, 2.24) is 14.9 Å². The molecule has 2 heterocycles. The number of nitrogens with zero attached hydrogens (tertiary/aromatic N) is 4. The highest BCUT2D eigenvalue weighted by Crippen LogP contribution is 2.40. The molecular formula is C28H21F2N5O. The van der Waals surface area contributed by atoms with Crippen LogP contribution < -0.4 is 5.32 Å². The minimum atomic E-state index is -0.643. The lowest BCUT2D eigenvalue weighted by Crippen LogP contribution is -2.24. The summed E-state index contributed by atoms with van der Waals surface area (Å²) in [5.41, 5.74) is 4.08. The lowest BCUT2D eigenvalue weighted by molar-refractivity contribution is 0.0945. The number of hydrogen-bond donors (Lipinski definition) is 1. The second-order valence-corrected chi connectivity index (χ2v) is 8.19. The van der Waals surface area contributed by atoms with Crippen molar-refractivity contribution in [3.63, 3.8) is 0 Å². The summed E-state index contributed by atoms with van der Waals surface area (Å²) in [7, 11) is 0. The van der Waals surface area contributed by atoms with Crippen molar-refractivity contribution in [2.45, 2.75) is 26.9 Å². The average Bonchev–Trinajstić information content (AvgIpc) is 3.12. The molecule has 0 aliphatic heterocycles. The normalized spacial score (nSPS) is 10.5. The molecule has 0 unspecified atom stereocenters. The van der Waals surface area contributed by atoms with Gasteiger partial charge in [-0.2, -0.15) is 0 Å². The Bertz CT molecular complexity index is 1550. The number of amides is 1. The maximum absolute atomic E-state index is 14.8. The minimum Gasteiger partial charge on any atom is -0.355 e. The van der Waals surface area contributed by atoms with Gasteiger partial charge in [0.25, 0.3) is 5.91 Å². The van der Waals surface area contributed by atoms with E-state index in [9.17, 15) is 13.6 Å². The predicted octanol–water partition coefficient (Wildman–Crippen LogP) is 6.53. The molecule has 4 aromatic rings. The van der Waals surface area contributed by atoms with Crippen LogP contribution in [0.4, 0.5) is 20.2 Å². The largest absolute Gasteiger partial charge is 0.355 e. The van der Waals surface area contributed by atoms with E-state index in [1.165, 1.54) is 24.4 Å². The van der Waals surface area contributed by atoms with Crippen LogP contribution in [0.25, 0.3) is 20.8 Å². The van der Waals surface area contributed by atoms with Gasteiger partial charge in [0.05, 0.1) is 13.1 Å². The number of halogens is 2. The standard InChI is InChI=1S/C28H21F2N5O/c1-17-26(20-10-11-24(31-3)23(30)14-20)27(32-4)18(2)35(17)16-19-8-9-21(22(29)13-19)15-34-28(36)25-7-5-6-12-33-25/h5-14H,15-16H2,1-2H3,(H,34,36). The van der Waals surface area contributed by atoms with Crippen LogP contribution in [-0.4, -0.2) is 15.5 Å². The van der Waals surface area contributed by atoms with Gasteiger partial charge in [0.1, 0.15) is 17.3 Å². The van der Waals surface area contributed by atoms with Crippen LogP contribution in [0.5, 0.6) is 0 Å². The second kappa shape index (κ2) is 10.2. The van der Waals surface area contributed by atoms with Crippen LogP contribution in [0.1, 0.15) is 33.0 Å². The molecule has 4 rings (SSSR count). The van der Waals surface area contributed by atoms with Crippen LogP contribution in [0.15, 0.2) is 60.8 Å². The molecule has 178 valence electrons. The zero-order chi connectivity index (χ0) is 25.8. The molecule has 0 spiro atoms. The van der Waals surface area contributed by atoms with Crippen LogP contribution in [0, 0.1) is 38.6 Å². The highest BCUT2D eigenvalue weighted by molar-refractivity contribution is 5.92. The highest BCUT2D eigenvalue weighted by atomic mass is 19.1. The van der Waals surface area contributed by atoms with Gasteiger partial charge in [-0.05, 0) is 49.2 Å². The summed E-state index contributed by atoms with van der Waals surface area (Å²) in [6, 6.07) is 14.1. The molecular weight excluding hydrogens is 460 g/mol. The highest BCUT2D eigenvalue weighted by Gasteiger charge is 2.20. The van der Waals surface area contributed by atoms with Crippen molar-refractivity contribution < 1.29 is 13.6 Å². The Morgan fingerprint density at radius 3 is 2.44 bits per heavy atom. The molecule has 36 heavy (non-hydrogen) atoms. The molecule has 1 N–H and O–H groups in total. The quantitative estimate of drug-likeness (QED) is 0.319. The van der Waals surface area contributed by atoms with E-state index < -0.39 is 17.5 Å². The summed E-state index contributed by atoms with van der Waals surface area (Å²) in [5, 5.41) is 2.66. The van der Waals surface area contributed by atoms with E-state index in [0.29, 0.717) is 40.2 Å². The first-order chi connectivity index (χ1) is 17.3. The summed E-state index contributed by atoms with van der Waals surface area (Å²) in [4.78, 5) is 23.0. The van der Waals surface area contributed by atoms with Crippen molar-refractivity contribution in [1.29, 1.82) is 0 Å². The monoisotopic (exact) mass is 481 g/mol. The summed E-state index contributed by atoms with van der Waals surface area (Å²) >= 11 is 0. The van der Waals surface area contributed by atoms with Crippen LogP contribution >= 0.6 is 0 Å². The molecule has 0 aliphatic carbocycles. The third kappa shape index (κ3) is 4.70. The summed E-state index contributed by atoms with van der Waals surface area (Å²) in [5.74, 6) is -1.49. The first-order valence-corrected chi connectivity index (χ1v) is 11.0. The van der Waals surface area contributed by atoms with Gasteiger partial charge in [-0.1, -0.05) is 30.3 Å². The molecule has 0 bridgehead atoms. The molecule has 6 nitrogen and oxygen atoms in total. The fraction of sp³-hybridized carbons (Fsp3) is 0.143.